The number of amides is 1. The molecule has 7 heteroatoms. The summed E-state index contributed by atoms with van der Waals surface area (Å²) in [6, 6.07) is 17.4. The molecule has 0 radical (unpaired) electrons. The van der Waals surface area contributed by atoms with Crippen LogP contribution in [-0.4, -0.2) is 20.7 Å². The summed E-state index contributed by atoms with van der Waals surface area (Å²) in [4.78, 5) is 17.2. The number of hydrogen-bond donors (Lipinski definition) is 1. The van der Waals surface area contributed by atoms with E-state index in [2.05, 4.69) is 15.4 Å². The van der Waals surface area contributed by atoms with Gasteiger partial charge in [0.2, 0.25) is 0 Å². The SMILES string of the molecule is Cc1nn(-c2ccccc2)c(Cl)c1C(=O)NCc1nc2ccccc2s1. The van der Waals surface area contributed by atoms with E-state index in [9.17, 15) is 4.79 Å². The lowest BCUT2D eigenvalue weighted by molar-refractivity contribution is 0.0950. The number of halogens is 1. The van der Waals surface area contributed by atoms with Crippen molar-refractivity contribution in [3.63, 3.8) is 0 Å². The third-order valence-electron chi connectivity index (χ3n) is 3.97. The van der Waals surface area contributed by atoms with E-state index < -0.39 is 0 Å². The second-order valence-corrected chi connectivity index (χ2v) is 7.23. The first-order valence-corrected chi connectivity index (χ1v) is 9.26. The Balaban J connectivity index is 1.55. The Kier molecular flexibility index (Phi) is 4.44. The highest BCUT2D eigenvalue weighted by Gasteiger charge is 2.21. The second kappa shape index (κ2) is 6.90. The molecule has 0 aliphatic rings. The van der Waals surface area contributed by atoms with Gasteiger partial charge in [0.15, 0.2) is 0 Å². The van der Waals surface area contributed by atoms with Gasteiger partial charge in [0, 0.05) is 0 Å². The first kappa shape index (κ1) is 16.8. The molecule has 0 fully saturated rings. The molecule has 5 nitrogen and oxygen atoms in total. The van der Waals surface area contributed by atoms with Gasteiger partial charge in [-0.05, 0) is 31.2 Å². The van der Waals surface area contributed by atoms with Crippen molar-refractivity contribution >= 4 is 39.1 Å². The normalized spacial score (nSPS) is 11.0. The molecule has 26 heavy (non-hydrogen) atoms. The highest BCUT2D eigenvalue weighted by Crippen LogP contribution is 2.24. The van der Waals surface area contributed by atoms with Crippen LogP contribution < -0.4 is 5.32 Å². The highest BCUT2D eigenvalue weighted by atomic mass is 35.5. The molecule has 2 aromatic heterocycles. The van der Waals surface area contributed by atoms with Crippen molar-refractivity contribution in [1.82, 2.24) is 20.1 Å². The largest absolute Gasteiger partial charge is 0.345 e. The van der Waals surface area contributed by atoms with Crippen molar-refractivity contribution in [2.24, 2.45) is 0 Å². The molecular formula is C19H15ClN4OS. The van der Waals surface area contributed by atoms with Gasteiger partial charge in [-0.25, -0.2) is 9.67 Å². The Morgan fingerprint density at radius 3 is 2.65 bits per heavy atom. The summed E-state index contributed by atoms with van der Waals surface area (Å²) in [7, 11) is 0. The summed E-state index contributed by atoms with van der Waals surface area (Å²) in [6.07, 6.45) is 0. The van der Waals surface area contributed by atoms with Crippen molar-refractivity contribution < 1.29 is 4.79 Å². The van der Waals surface area contributed by atoms with Gasteiger partial charge >= 0.3 is 0 Å². The van der Waals surface area contributed by atoms with Gasteiger partial charge < -0.3 is 5.32 Å². The molecule has 0 bridgehead atoms. The van der Waals surface area contributed by atoms with E-state index in [1.54, 1.807) is 22.9 Å². The molecular weight excluding hydrogens is 368 g/mol. The number of para-hydroxylation sites is 2. The number of thiazole rings is 1. The van der Waals surface area contributed by atoms with Crippen LogP contribution in [0, 0.1) is 6.92 Å². The predicted octanol–water partition coefficient (Wildman–Crippen LogP) is 4.37. The Morgan fingerprint density at radius 1 is 1.15 bits per heavy atom. The molecule has 2 aromatic carbocycles. The maximum atomic E-state index is 12.6. The maximum Gasteiger partial charge on any atom is 0.256 e. The molecule has 1 N–H and O–H groups in total. The fourth-order valence-corrected chi connectivity index (χ4v) is 4.00. The zero-order chi connectivity index (χ0) is 18.1. The van der Waals surface area contributed by atoms with E-state index in [0.717, 1.165) is 20.9 Å². The lowest BCUT2D eigenvalue weighted by Gasteiger charge is -2.04. The molecule has 0 atom stereocenters. The van der Waals surface area contributed by atoms with Crippen LogP contribution in [0.15, 0.2) is 54.6 Å². The van der Waals surface area contributed by atoms with Crippen molar-refractivity contribution in [3.8, 4) is 5.69 Å². The van der Waals surface area contributed by atoms with Crippen LogP contribution in [0.25, 0.3) is 15.9 Å². The van der Waals surface area contributed by atoms with Crippen LogP contribution in [0.2, 0.25) is 5.15 Å². The van der Waals surface area contributed by atoms with Gasteiger partial charge in [-0.15, -0.1) is 11.3 Å². The first-order valence-electron chi connectivity index (χ1n) is 8.06. The molecule has 4 aromatic rings. The Hall–Kier alpha value is -2.70. The lowest BCUT2D eigenvalue weighted by atomic mass is 10.2. The third kappa shape index (κ3) is 3.09. The molecule has 0 saturated heterocycles. The van der Waals surface area contributed by atoms with E-state index >= 15 is 0 Å². The minimum absolute atomic E-state index is 0.256. The molecule has 0 saturated carbocycles. The van der Waals surface area contributed by atoms with Crippen molar-refractivity contribution in [3.05, 3.63) is 76.0 Å². The fraction of sp³-hybridized carbons (Fsp3) is 0.105. The fourth-order valence-electron chi connectivity index (χ4n) is 2.74. The summed E-state index contributed by atoms with van der Waals surface area (Å²) >= 11 is 8.00. The van der Waals surface area contributed by atoms with Crippen LogP contribution in [0.4, 0.5) is 0 Å². The first-order chi connectivity index (χ1) is 12.6. The molecule has 2 heterocycles. The highest BCUT2D eigenvalue weighted by molar-refractivity contribution is 7.18. The standard InChI is InChI=1S/C19H15ClN4OS/c1-12-17(18(20)24(23-12)13-7-3-2-4-8-13)19(25)21-11-16-22-14-9-5-6-10-15(14)26-16/h2-10H,11H2,1H3,(H,21,25). The molecule has 0 aliphatic carbocycles. The number of carbonyl (C=O) groups excluding carboxylic acids is 1. The number of fused-ring (bicyclic) bond motifs is 1. The van der Waals surface area contributed by atoms with Gasteiger partial charge in [-0.3, -0.25) is 4.79 Å². The number of aryl methyl sites for hydroxylation is 1. The van der Waals surface area contributed by atoms with Crippen molar-refractivity contribution in [2.45, 2.75) is 13.5 Å². The minimum atomic E-state index is -0.256. The minimum Gasteiger partial charge on any atom is -0.345 e. The molecule has 130 valence electrons. The van der Waals surface area contributed by atoms with E-state index in [1.165, 1.54) is 0 Å². The van der Waals surface area contributed by atoms with Crippen LogP contribution >= 0.6 is 22.9 Å². The van der Waals surface area contributed by atoms with E-state index in [4.69, 9.17) is 11.6 Å². The summed E-state index contributed by atoms with van der Waals surface area (Å²) in [6.45, 7) is 2.13. The zero-order valence-electron chi connectivity index (χ0n) is 13.9. The molecule has 0 aliphatic heterocycles. The van der Waals surface area contributed by atoms with Crippen LogP contribution in [-0.2, 0) is 6.54 Å². The number of aromatic nitrogens is 3. The topological polar surface area (TPSA) is 59.8 Å². The number of nitrogens with zero attached hydrogens (tertiary/aromatic N) is 3. The molecule has 4 rings (SSSR count). The Bertz CT molecular complexity index is 1050. The van der Waals surface area contributed by atoms with E-state index in [-0.39, 0.29) is 5.91 Å². The Morgan fingerprint density at radius 2 is 1.88 bits per heavy atom. The predicted molar refractivity (Wildman–Crippen MR) is 104 cm³/mol. The third-order valence-corrected chi connectivity index (χ3v) is 5.36. The van der Waals surface area contributed by atoms with Gasteiger partial charge in [0.25, 0.3) is 5.91 Å². The maximum absolute atomic E-state index is 12.6. The van der Waals surface area contributed by atoms with Gasteiger partial charge in [0.05, 0.1) is 33.7 Å². The average Bonchev–Trinajstić information content (AvgIpc) is 3.20. The second-order valence-electron chi connectivity index (χ2n) is 5.76. The van der Waals surface area contributed by atoms with Gasteiger partial charge in [0.1, 0.15) is 10.2 Å². The molecule has 1 amide bonds. The Labute approximate surface area is 159 Å². The number of rotatable bonds is 4. The average molecular weight is 383 g/mol. The number of benzene rings is 2. The lowest BCUT2D eigenvalue weighted by Crippen LogP contribution is -2.23. The van der Waals surface area contributed by atoms with Gasteiger partial charge in [-0.1, -0.05) is 41.9 Å². The smallest absolute Gasteiger partial charge is 0.256 e. The summed E-state index contributed by atoms with van der Waals surface area (Å²) in [5.74, 6) is -0.256. The van der Waals surface area contributed by atoms with Crippen molar-refractivity contribution in [1.29, 1.82) is 0 Å². The van der Waals surface area contributed by atoms with Crippen LogP contribution in [0.5, 0.6) is 0 Å². The monoisotopic (exact) mass is 382 g/mol. The number of hydrogen-bond acceptors (Lipinski definition) is 4. The molecule has 0 spiro atoms. The quantitative estimate of drug-likeness (QED) is 0.570. The summed E-state index contributed by atoms with van der Waals surface area (Å²) < 4.78 is 2.67. The van der Waals surface area contributed by atoms with E-state index in [0.29, 0.717) is 23.0 Å². The van der Waals surface area contributed by atoms with E-state index in [1.807, 2.05) is 54.6 Å². The summed E-state index contributed by atoms with van der Waals surface area (Å²) in [5.41, 5.74) is 2.72. The number of carbonyl (C=O) groups is 1. The van der Waals surface area contributed by atoms with Crippen molar-refractivity contribution in [2.75, 3.05) is 0 Å². The summed E-state index contributed by atoms with van der Waals surface area (Å²) in [5, 5.41) is 8.45. The zero-order valence-corrected chi connectivity index (χ0v) is 15.5. The number of nitrogens with one attached hydrogen (secondary N) is 1. The van der Waals surface area contributed by atoms with Crippen LogP contribution in [0.3, 0.4) is 0 Å². The molecule has 0 unspecified atom stereocenters. The van der Waals surface area contributed by atoms with Gasteiger partial charge in [-0.2, -0.15) is 5.10 Å². The van der Waals surface area contributed by atoms with Crippen LogP contribution in [0.1, 0.15) is 21.1 Å².